The Morgan fingerprint density at radius 2 is 1.86 bits per heavy atom. The first-order chi connectivity index (χ1) is 13.7. The summed E-state index contributed by atoms with van der Waals surface area (Å²) < 4.78 is 28.1. The SMILES string of the molecule is CC(C)(C)c1cc2c(-c3ccc(S(=O)(=O)NC4CCNCC4)nc3)ccnc2[nH]1. The third kappa shape index (κ3) is 4.19. The molecular formula is C21H27N5O2S. The fraction of sp³-hybridized carbons (Fsp3) is 0.429. The molecule has 3 aromatic rings. The highest BCUT2D eigenvalue weighted by Gasteiger charge is 2.23. The lowest BCUT2D eigenvalue weighted by Gasteiger charge is -2.23. The van der Waals surface area contributed by atoms with Gasteiger partial charge < -0.3 is 10.3 Å². The van der Waals surface area contributed by atoms with E-state index in [4.69, 9.17) is 0 Å². The van der Waals surface area contributed by atoms with E-state index in [-0.39, 0.29) is 16.5 Å². The Labute approximate surface area is 171 Å². The summed E-state index contributed by atoms with van der Waals surface area (Å²) in [6, 6.07) is 7.38. The second kappa shape index (κ2) is 7.51. The molecule has 0 atom stereocenters. The van der Waals surface area contributed by atoms with Crippen molar-refractivity contribution >= 4 is 21.1 Å². The maximum atomic E-state index is 12.7. The molecule has 3 aromatic heterocycles. The Morgan fingerprint density at radius 3 is 2.52 bits per heavy atom. The molecule has 7 nitrogen and oxygen atoms in total. The van der Waals surface area contributed by atoms with E-state index in [1.807, 2.05) is 12.1 Å². The number of aromatic amines is 1. The normalized spacial score (nSPS) is 16.4. The van der Waals surface area contributed by atoms with E-state index in [0.717, 1.165) is 53.8 Å². The topological polar surface area (TPSA) is 99.8 Å². The van der Waals surface area contributed by atoms with E-state index in [2.05, 4.69) is 51.8 Å². The predicted molar refractivity (Wildman–Crippen MR) is 114 cm³/mol. The molecule has 0 radical (unpaired) electrons. The average molecular weight is 414 g/mol. The Hall–Kier alpha value is -2.29. The lowest BCUT2D eigenvalue weighted by atomic mass is 9.92. The van der Waals surface area contributed by atoms with E-state index >= 15 is 0 Å². The molecule has 4 heterocycles. The van der Waals surface area contributed by atoms with Crippen LogP contribution >= 0.6 is 0 Å². The number of piperidine rings is 1. The largest absolute Gasteiger partial charge is 0.343 e. The summed E-state index contributed by atoms with van der Waals surface area (Å²) in [6.07, 6.45) is 4.95. The van der Waals surface area contributed by atoms with Gasteiger partial charge in [-0.2, -0.15) is 0 Å². The van der Waals surface area contributed by atoms with Gasteiger partial charge in [-0.25, -0.2) is 23.1 Å². The van der Waals surface area contributed by atoms with Crippen LogP contribution in [0.5, 0.6) is 0 Å². The molecule has 8 heteroatoms. The van der Waals surface area contributed by atoms with Crippen LogP contribution < -0.4 is 10.0 Å². The number of aromatic nitrogens is 3. The van der Waals surface area contributed by atoms with Gasteiger partial charge in [-0.15, -0.1) is 0 Å². The zero-order chi connectivity index (χ0) is 20.6. The van der Waals surface area contributed by atoms with Crippen LogP contribution in [0.4, 0.5) is 0 Å². The Morgan fingerprint density at radius 1 is 1.10 bits per heavy atom. The van der Waals surface area contributed by atoms with Gasteiger partial charge in [0.05, 0.1) is 0 Å². The van der Waals surface area contributed by atoms with Crippen LogP contribution in [0.25, 0.3) is 22.2 Å². The first-order valence-electron chi connectivity index (χ1n) is 9.92. The van der Waals surface area contributed by atoms with E-state index in [1.54, 1.807) is 18.5 Å². The Balaban J connectivity index is 1.63. The van der Waals surface area contributed by atoms with Crippen LogP contribution in [-0.4, -0.2) is 42.5 Å². The molecule has 0 saturated carbocycles. The third-order valence-electron chi connectivity index (χ3n) is 5.32. The molecule has 3 N–H and O–H groups in total. The fourth-order valence-corrected chi connectivity index (χ4v) is 4.83. The summed E-state index contributed by atoms with van der Waals surface area (Å²) in [5.74, 6) is 0. The number of hydrogen-bond acceptors (Lipinski definition) is 5. The van der Waals surface area contributed by atoms with Gasteiger partial charge in [0.25, 0.3) is 10.0 Å². The molecule has 1 saturated heterocycles. The standard InChI is InChI=1S/C21H27N5O2S/c1-21(2,3)18-12-17-16(8-11-23-20(17)25-18)14-4-5-19(24-13-14)29(27,28)26-15-6-9-22-10-7-15/h4-5,8,11-13,15,22,26H,6-7,9-10H2,1-3H3,(H,23,25). The van der Waals surface area contributed by atoms with Gasteiger partial charge in [-0.05, 0) is 55.8 Å². The first-order valence-corrected chi connectivity index (χ1v) is 11.4. The number of nitrogens with one attached hydrogen (secondary N) is 3. The minimum Gasteiger partial charge on any atom is -0.343 e. The van der Waals surface area contributed by atoms with Crippen LogP contribution in [0, 0.1) is 0 Å². The van der Waals surface area contributed by atoms with Crippen molar-refractivity contribution in [1.82, 2.24) is 25.0 Å². The second-order valence-corrected chi connectivity index (χ2v) is 10.2. The number of rotatable bonds is 4. The zero-order valence-corrected chi connectivity index (χ0v) is 17.8. The Bertz CT molecular complexity index is 1110. The Kier molecular flexibility index (Phi) is 5.18. The van der Waals surface area contributed by atoms with E-state index < -0.39 is 10.0 Å². The van der Waals surface area contributed by atoms with E-state index in [1.165, 1.54) is 0 Å². The molecule has 0 bridgehead atoms. The maximum Gasteiger partial charge on any atom is 0.258 e. The van der Waals surface area contributed by atoms with E-state index in [0.29, 0.717) is 0 Å². The highest BCUT2D eigenvalue weighted by Crippen LogP contribution is 2.31. The average Bonchev–Trinajstić information content (AvgIpc) is 3.13. The zero-order valence-electron chi connectivity index (χ0n) is 17.0. The number of nitrogens with zero attached hydrogens (tertiary/aromatic N) is 2. The van der Waals surface area contributed by atoms with Crippen molar-refractivity contribution in [3.63, 3.8) is 0 Å². The summed E-state index contributed by atoms with van der Waals surface area (Å²) in [4.78, 5) is 12.1. The minimum atomic E-state index is -3.62. The molecule has 1 aliphatic heterocycles. The summed E-state index contributed by atoms with van der Waals surface area (Å²) >= 11 is 0. The van der Waals surface area contributed by atoms with Gasteiger partial charge in [0.15, 0.2) is 5.03 Å². The van der Waals surface area contributed by atoms with Crippen molar-refractivity contribution in [2.45, 2.75) is 50.1 Å². The number of sulfonamides is 1. The van der Waals surface area contributed by atoms with Crippen molar-refractivity contribution in [2.75, 3.05) is 13.1 Å². The molecule has 0 amide bonds. The van der Waals surface area contributed by atoms with Crippen LogP contribution in [-0.2, 0) is 15.4 Å². The fourth-order valence-electron chi connectivity index (χ4n) is 3.60. The molecule has 0 aromatic carbocycles. The number of hydrogen-bond donors (Lipinski definition) is 3. The molecule has 1 aliphatic rings. The van der Waals surface area contributed by atoms with E-state index in [9.17, 15) is 8.42 Å². The number of H-pyrrole nitrogens is 1. The van der Waals surface area contributed by atoms with Crippen LogP contribution in [0.2, 0.25) is 0 Å². The summed E-state index contributed by atoms with van der Waals surface area (Å²) in [7, 11) is -3.62. The molecule has 4 rings (SSSR count). The lowest BCUT2D eigenvalue weighted by Crippen LogP contribution is -2.42. The molecule has 154 valence electrons. The van der Waals surface area contributed by atoms with Crippen LogP contribution in [0.15, 0.2) is 41.7 Å². The molecule has 29 heavy (non-hydrogen) atoms. The smallest absolute Gasteiger partial charge is 0.258 e. The molecule has 0 unspecified atom stereocenters. The number of fused-ring (bicyclic) bond motifs is 1. The molecular weight excluding hydrogens is 386 g/mol. The van der Waals surface area contributed by atoms with Gasteiger partial charge in [0.1, 0.15) is 5.65 Å². The van der Waals surface area contributed by atoms with Crippen molar-refractivity contribution in [3.05, 3.63) is 42.4 Å². The molecule has 0 spiro atoms. The summed E-state index contributed by atoms with van der Waals surface area (Å²) in [5.41, 5.74) is 3.73. The van der Waals surface area contributed by atoms with Crippen molar-refractivity contribution in [1.29, 1.82) is 0 Å². The highest BCUT2D eigenvalue weighted by atomic mass is 32.2. The van der Waals surface area contributed by atoms with Crippen molar-refractivity contribution in [3.8, 4) is 11.1 Å². The van der Waals surface area contributed by atoms with Gasteiger partial charge in [-0.1, -0.05) is 20.8 Å². The molecule has 1 fully saturated rings. The van der Waals surface area contributed by atoms with Gasteiger partial charge in [-0.3, -0.25) is 0 Å². The van der Waals surface area contributed by atoms with Gasteiger partial charge >= 0.3 is 0 Å². The minimum absolute atomic E-state index is 0.0194. The highest BCUT2D eigenvalue weighted by molar-refractivity contribution is 7.89. The second-order valence-electron chi connectivity index (χ2n) is 8.58. The van der Waals surface area contributed by atoms with Crippen molar-refractivity contribution < 1.29 is 8.42 Å². The lowest BCUT2D eigenvalue weighted by molar-refractivity contribution is 0.426. The van der Waals surface area contributed by atoms with Crippen LogP contribution in [0.3, 0.4) is 0 Å². The number of pyridine rings is 2. The summed E-state index contributed by atoms with van der Waals surface area (Å²) in [6.45, 7) is 8.09. The monoisotopic (exact) mass is 413 g/mol. The summed E-state index contributed by atoms with van der Waals surface area (Å²) in [5, 5.41) is 4.29. The van der Waals surface area contributed by atoms with Crippen LogP contribution in [0.1, 0.15) is 39.3 Å². The quantitative estimate of drug-likeness (QED) is 0.611. The maximum absolute atomic E-state index is 12.7. The van der Waals surface area contributed by atoms with Gasteiger partial charge in [0.2, 0.25) is 0 Å². The third-order valence-corrected chi connectivity index (χ3v) is 6.76. The van der Waals surface area contributed by atoms with Crippen molar-refractivity contribution in [2.24, 2.45) is 0 Å². The first kappa shape index (κ1) is 20.0. The van der Waals surface area contributed by atoms with Gasteiger partial charge in [0, 0.05) is 40.5 Å². The molecule has 0 aliphatic carbocycles. The predicted octanol–water partition coefficient (Wildman–Crippen LogP) is 2.95.